The van der Waals surface area contributed by atoms with Crippen LogP contribution in [0, 0.1) is 12.3 Å². The number of rotatable bonds is 7. The first-order valence-corrected chi connectivity index (χ1v) is 7.09. The molecular weight excluding hydrogens is 272 g/mol. The van der Waals surface area contributed by atoms with E-state index in [2.05, 4.69) is 0 Å². The Labute approximate surface area is 112 Å². The molecule has 0 fully saturated rings. The van der Waals surface area contributed by atoms with Crippen LogP contribution < -0.4 is 0 Å². The molecule has 0 aliphatic heterocycles. The summed E-state index contributed by atoms with van der Waals surface area (Å²) in [7, 11) is -3.97. The molecule has 3 N–H and O–H groups in total. The van der Waals surface area contributed by atoms with E-state index in [1.54, 1.807) is 12.1 Å². The number of hydrogen-bond donors (Lipinski definition) is 3. The van der Waals surface area contributed by atoms with E-state index in [1.807, 2.05) is 6.92 Å². The van der Waals surface area contributed by atoms with Crippen molar-refractivity contribution < 1.29 is 27.9 Å². The molecule has 0 saturated carbocycles. The lowest BCUT2D eigenvalue weighted by Crippen LogP contribution is -2.39. The van der Waals surface area contributed by atoms with Gasteiger partial charge in [0.1, 0.15) is 0 Å². The monoisotopic (exact) mass is 290 g/mol. The van der Waals surface area contributed by atoms with Crippen molar-refractivity contribution in [2.75, 3.05) is 26.4 Å². The maximum absolute atomic E-state index is 11.9. The van der Waals surface area contributed by atoms with Gasteiger partial charge in [0.05, 0.1) is 36.7 Å². The predicted molar refractivity (Wildman–Crippen MR) is 68.0 cm³/mol. The fraction of sp³-hybridized carbons (Fsp3) is 0.500. The zero-order valence-electron chi connectivity index (χ0n) is 10.6. The minimum atomic E-state index is -3.97. The summed E-state index contributed by atoms with van der Waals surface area (Å²) in [5, 5.41) is 27.3. The molecule has 1 aromatic carbocycles. The highest BCUT2D eigenvalue weighted by molar-refractivity contribution is 7.86. The van der Waals surface area contributed by atoms with Gasteiger partial charge in [-0.15, -0.1) is 0 Å². The molecule has 7 heteroatoms. The maximum Gasteiger partial charge on any atom is 0.296 e. The first-order valence-electron chi connectivity index (χ1n) is 5.68. The summed E-state index contributed by atoms with van der Waals surface area (Å²) in [6.45, 7) is -0.408. The van der Waals surface area contributed by atoms with Crippen molar-refractivity contribution >= 4 is 10.1 Å². The minimum Gasteiger partial charge on any atom is -0.396 e. The number of hydrogen-bond acceptors (Lipinski definition) is 6. The van der Waals surface area contributed by atoms with E-state index in [1.165, 1.54) is 12.1 Å². The molecule has 1 rings (SSSR count). The Balaban J connectivity index is 2.83. The first-order chi connectivity index (χ1) is 8.89. The quantitative estimate of drug-likeness (QED) is 0.594. The van der Waals surface area contributed by atoms with Gasteiger partial charge in [-0.1, -0.05) is 17.7 Å². The molecular formula is C12H18O6S. The fourth-order valence-corrected chi connectivity index (χ4v) is 2.27. The van der Waals surface area contributed by atoms with Crippen LogP contribution in [0.25, 0.3) is 0 Å². The van der Waals surface area contributed by atoms with E-state index in [-0.39, 0.29) is 4.90 Å². The summed E-state index contributed by atoms with van der Waals surface area (Å²) in [4.78, 5) is -0.0131. The van der Waals surface area contributed by atoms with E-state index in [4.69, 9.17) is 19.5 Å². The predicted octanol–water partition coefficient (Wildman–Crippen LogP) is -0.336. The van der Waals surface area contributed by atoms with Gasteiger partial charge in [0.2, 0.25) is 0 Å². The summed E-state index contributed by atoms with van der Waals surface area (Å²) in [6.07, 6.45) is 0. The highest BCUT2D eigenvalue weighted by atomic mass is 32.2. The van der Waals surface area contributed by atoms with Crippen LogP contribution in [0.5, 0.6) is 0 Å². The minimum absolute atomic E-state index is 0.0131. The van der Waals surface area contributed by atoms with Gasteiger partial charge < -0.3 is 15.3 Å². The van der Waals surface area contributed by atoms with E-state index < -0.39 is 42.0 Å². The van der Waals surface area contributed by atoms with Gasteiger partial charge >= 0.3 is 0 Å². The van der Waals surface area contributed by atoms with Crippen molar-refractivity contribution in [3.8, 4) is 0 Å². The Morgan fingerprint density at radius 2 is 1.53 bits per heavy atom. The third kappa shape index (κ3) is 3.99. The van der Waals surface area contributed by atoms with Gasteiger partial charge in [0.25, 0.3) is 10.1 Å². The molecule has 1 aromatic rings. The molecule has 19 heavy (non-hydrogen) atoms. The zero-order valence-corrected chi connectivity index (χ0v) is 11.4. The molecule has 0 amide bonds. The summed E-state index contributed by atoms with van der Waals surface area (Å²) < 4.78 is 28.5. The van der Waals surface area contributed by atoms with Crippen LogP contribution in [0.2, 0.25) is 0 Å². The Kier molecular flexibility index (Phi) is 5.45. The third-order valence-corrected chi connectivity index (χ3v) is 4.11. The lowest BCUT2D eigenvalue weighted by atomic mass is 9.93. The van der Waals surface area contributed by atoms with E-state index in [9.17, 15) is 8.42 Å². The van der Waals surface area contributed by atoms with Crippen LogP contribution in [0.3, 0.4) is 0 Å². The van der Waals surface area contributed by atoms with Crippen molar-refractivity contribution in [2.45, 2.75) is 11.8 Å². The molecule has 0 aliphatic carbocycles. The van der Waals surface area contributed by atoms with Gasteiger partial charge in [-0.2, -0.15) is 8.42 Å². The summed E-state index contributed by atoms with van der Waals surface area (Å²) in [5.74, 6) is 0. The highest BCUT2D eigenvalue weighted by Gasteiger charge is 2.31. The topological polar surface area (TPSA) is 104 Å². The second kappa shape index (κ2) is 6.44. The summed E-state index contributed by atoms with van der Waals surface area (Å²) in [5.41, 5.74) is -0.466. The number of benzene rings is 1. The third-order valence-electron chi connectivity index (χ3n) is 2.84. The summed E-state index contributed by atoms with van der Waals surface area (Å²) >= 11 is 0. The molecule has 0 heterocycles. The van der Waals surface area contributed by atoms with Crippen LogP contribution in [0.1, 0.15) is 5.56 Å². The lowest BCUT2D eigenvalue weighted by molar-refractivity contribution is -0.0242. The molecule has 0 radical (unpaired) electrons. The Morgan fingerprint density at radius 3 is 1.95 bits per heavy atom. The molecule has 0 unspecified atom stereocenters. The number of aliphatic hydroxyl groups is 3. The molecule has 0 atom stereocenters. The molecule has 0 bridgehead atoms. The molecule has 6 nitrogen and oxygen atoms in total. The lowest BCUT2D eigenvalue weighted by Gasteiger charge is -2.26. The first kappa shape index (κ1) is 16.1. The zero-order chi connectivity index (χ0) is 14.5. The second-order valence-electron chi connectivity index (χ2n) is 4.50. The van der Waals surface area contributed by atoms with Gasteiger partial charge in [-0.25, -0.2) is 0 Å². The van der Waals surface area contributed by atoms with E-state index in [0.717, 1.165) is 5.56 Å². The Bertz CT molecular complexity index is 481. The van der Waals surface area contributed by atoms with Gasteiger partial charge in [0.15, 0.2) is 0 Å². The number of aryl methyl sites for hydroxylation is 1. The maximum atomic E-state index is 11.9. The Morgan fingerprint density at radius 1 is 1.05 bits per heavy atom. The molecule has 0 aromatic heterocycles. The van der Waals surface area contributed by atoms with Gasteiger partial charge in [-0.05, 0) is 19.1 Å². The van der Waals surface area contributed by atoms with Gasteiger partial charge in [0, 0.05) is 0 Å². The van der Waals surface area contributed by atoms with Crippen molar-refractivity contribution in [1.82, 2.24) is 0 Å². The summed E-state index contributed by atoms with van der Waals surface area (Å²) in [6, 6.07) is 6.08. The standard InChI is InChI=1S/C12H18O6S/c1-10-2-4-11(5-3-10)19(16,17)18-9-12(6-13,7-14)8-15/h2-5,13-15H,6-9H2,1H3. The molecule has 0 saturated heterocycles. The van der Waals surface area contributed by atoms with E-state index >= 15 is 0 Å². The van der Waals surface area contributed by atoms with Crippen molar-refractivity contribution in [2.24, 2.45) is 5.41 Å². The van der Waals surface area contributed by atoms with Crippen LogP contribution in [0.4, 0.5) is 0 Å². The molecule has 0 spiro atoms. The van der Waals surface area contributed by atoms with Crippen LogP contribution >= 0.6 is 0 Å². The number of aliphatic hydroxyl groups excluding tert-OH is 3. The average Bonchev–Trinajstić information content (AvgIpc) is 2.41. The van der Waals surface area contributed by atoms with Crippen molar-refractivity contribution in [1.29, 1.82) is 0 Å². The van der Waals surface area contributed by atoms with Crippen LogP contribution in [-0.4, -0.2) is 50.2 Å². The molecule has 108 valence electrons. The van der Waals surface area contributed by atoms with Gasteiger partial charge in [-0.3, -0.25) is 4.18 Å². The van der Waals surface area contributed by atoms with Crippen LogP contribution in [0.15, 0.2) is 29.2 Å². The van der Waals surface area contributed by atoms with E-state index in [0.29, 0.717) is 0 Å². The van der Waals surface area contributed by atoms with Crippen LogP contribution in [-0.2, 0) is 14.3 Å². The molecule has 0 aliphatic rings. The SMILES string of the molecule is Cc1ccc(S(=O)(=O)OCC(CO)(CO)CO)cc1. The second-order valence-corrected chi connectivity index (χ2v) is 6.12. The normalized spacial score (nSPS) is 12.6. The Hall–Kier alpha value is -0.990. The smallest absolute Gasteiger partial charge is 0.296 e. The highest BCUT2D eigenvalue weighted by Crippen LogP contribution is 2.20. The van der Waals surface area contributed by atoms with Crippen molar-refractivity contribution in [3.05, 3.63) is 29.8 Å². The largest absolute Gasteiger partial charge is 0.396 e. The van der Waals surface area contributed by atoms with Crippen molar-refractivity contribution in [3.63, 3.8) is 0 Å². The fourth-order valence-electron chi connectivity index (χ4n) is 1.26. The average molecular weight is 290 g/mol.